The molecule has 0 spiro atoms. The van der Waals surface area contributed by atoms with Crippen molar-refractivity contribution < 1.29 is 32.6 Å². The Bertz CT molecular complexity index is 998. The van der Waals surface area contributed by atoms with Crippen molar-refractivity contribution in [2.75, 3.05) is 32.7 Å². The van der Waals surface area contributed by atoms with Crippen molar-refractivity contribution in [3.63, 3.8) is 0 Å². The normalized spacial score (nSPS) is 14.4. The van der Waals surface area contributed by atoms with Gasteiger partial charge in [-0.25, -0.2) is 4.79 Å². The summed E-state index contributed by atoms with van der Waals surface area (Å²) in [5, 5.41) is 9.66. The van der Waals surface area contributed by atoms with Crippen molar-refractivity contribution in [1.29, 1.82) is 5.26 Å². The Morgan fingerprint density at radius 3 is 2.56 bits per heavy atom. The van der Waals surface area contributed by atoms with Gasteiger partial charge in [0.2, 0.25) is 0 Å². The van der Waals surface area contributed by atoms with Crippen molar-refractivity contribution in [1.82, 2.24) is 0 Å². The number of fused-ring (bicyclic) bond motifs is 1. The van der Waals surface area contributed by atoms with Crippen LogP contribution in [0.5, 0.6) is 11.5 Å². The molecule has 11 heteroatoms. The monoisotopic (exact) mass is 623 g/mol. The second-order valence-electron chi connectivity index (χ2n) is 7.54. The quantitative estimate of drug-likeness (QED) is 0.0791. The summed E-state index contributed by atoms with van der Waals surface area (Å²) in [6, 6.07) is 2.09. The highest BCUT2D eigenvalue weighted by Gasteiger charge is 2.36. The number of nitrogens with zero attached hydrogens (tertiary/aromatic N) is 1. The lowest BCUT2D eigenvalue weighted by Gasteiger charge is -2.22. The largest absolute Gasteiger partial charge is 0.496 e. The Kier molecular flexibility index (Phi) is 11.7. The maximum atomic E-state index is 13.1. The predicted octanol–water partition coefficient (Wildman–Crippen LogP) is 6.17. The molecular formula is C23H31INO7PS. The topological polar surface area (TPSA) is 104 Å². The third kappa shape index (κ3) is 6.70. The molecule has 8 nitrogen and oxygen atoms in total. The highest BCUT2D eigenvalue weighted by molar-refractivity contribution is 14.2. The summed E-state index contributed by atoms with van der Waals surface area (Å²) < 4.78 is 40.9. The highest BCUT2D eigenvalue weighted by atomic mass is 127. The zero-order chi connectivity index (χ0) is 25.3. The van der Waals surface area contributed by atoms with E-state index in [9.17, 15) is 14.6 Å². The summed E-state index contributed by atoms with van der Waals surface area (Å²) in [5.74, 6) is 1.46. The number of halogens is 1. The van der Waals surface area contributed by atoms with Gasteiger partial charge in [0.25, 0.3) is 0 Å². The van der Waals surface area contributed by atoms with Gasteiger partial charge in [-0.3, -0.25) is 4.57 Å². The lowest BCUT2D eigenvalue weighted by Crippen LogP contribution is -2.12. The van der Waals surface area contributed by atoms with Crippen LogP contribution in [0.15, 0.2) is 11.6 Å². The molecule has 1 aromatic rings. The fraction of sp³-hybridized carbons (Fsp3) is 0.565. The maximum absolute atomic E-state index is 13.1. The number of benzene rings is 1. The Labute approximate surface area is 217 Å². The second-order valence-corrected chi connectivity index (χ2v) is 12.3. The first-order valence-corrected chi connectivity index (χ1v) is 16.1. The van der Waals surface area contributed by atoms with Crippen LogP contribution in [0.2, 0.25) is 0 Å². The molecule has 0 aromatic heterocycles. The first-order valence-electron chi connectivity index (χ1n) is 11.0. The zero-order valence-electron chi connectivity index (χ0n) is 20.1. The minimum absolute atomic E-state index is 0.191. The van der Waals surface area contributed by atoms with Crippen LogP contribution >= 0.6 is 37.7 Å². The molecule has 2 rings (SSSR count). The Balaban J connectivity index is 2.42. The number of carbonyl (C=O) groups excluding carboxylic acids is 1. The van der Waals surface area contributed by atoms with Crippen molar-refractivity contribution in [2.24, 2.45) is 0 Å². The van der Waals surface area contributed by atoms with Crippen LogP contribution in [0, 0.1) is 18.3 Å². The zero-order valence-corrected chi connectivity index (χ0v) is 24.0. The molecule has 188 valence electrons. The summed E-state index contributed by atoms with van der Waals surface area (Å²) in [6.45, 7) is 8.20. The summed E-state index contributed by atoms with van der Waals surface area (Å²) >= 11 is 2.20. The van der Waals surface area contributed by atoms with E-state index in [4.69, 9.17) is 23.3 Å². The number of cyclic esters (lactones) is 1. The molecular weight excluding hydrogens is 592 g/mol. The Morgan fingerprint density at radius 1 is 1.32 bits per heavy atom. The molecule has 34 heavy (non-hydrogen) atoms. The van der Waals surface area contributed by atoms with Gasteiger partial charge >= 0.3 is 13.6 Å². The molecule has 0 amide bonds. The van der Waals surface area contributed by atoms with Crippen LogP contribution in [0.3, 0.4) is 0 Å². The Morgan fingerprint density at radius 2 is 2.00 bits per heavy atom. The van der Waals surface area contributed by atoms with Gasteiger partial charge in [-0.2, -0.15) is 5.26 Å². The average Bonchev–Trinajstić information content (AvgIpc) is 3.19. The van der Waals surface area contributed by atoms with Gasteiger partial charge in [0.1, 0.15) is 23.7 Å². The van der Waals surface area contributed by atoms with Gasteiger partial charge in [-0.05, 0) is 67.3 Å². The van der Waals surface area contributed by atoms with E-state index in [2.05, 4.69) is 27.3 Å². The number of methoxy groups -OCH3 is 1. The van der Waals surface area contributed by atoms with E-state index in [1.54, 1.807) is 29.9 Å². The molecule has 0 radical (unpaired) electrons. The number of ether oxygens (including phenoxy) is 3. The van der Waals surface area contributed by atoms with Crippen LogP contribution in [0.4, 0.5) is 0 Å². The van der Waals surface area contributed by atoms with Gasteiger partial charge in [0.15, 0.2) is 5.66 Å². The van der Waals surface area contributed by atoms with E-state index in [-0.39, 0.29) is 26.2 Å². The van der Waals surface area contributed by atoms with Crippen molar-refractivity contribution in [2.45, 2.75) is 52.8 Å². The van der Waals surface area contributed by atoms with E-state index >= 15 is 0 Å². The highest BCUT2D eigenvalue weighted by Crippen LogP contribution is 2.54. The van der Waals surface area contributed by atoms with Crippen molar-refractivity contribution >= 4 is 43.7 Å². The van der Waals surface area contributed by atoms with Crippen LogP contribution < -0.4 is 9.47 Å². The molecule has 1 heterocycles. The van der Waals surface area contributed by atoms with E-state index in [1.165, 1.54) is 0 Å². The molecule has 0 bridgehead atoms. The number of hydrogen-bond donors (Lipinski definition) is 0. The van der Waals surface area contributed by atoms with Crippen LogP contribution in [-0.2, 0) is 31.4 Å². The standard InChI is InChI=1S/C23H31INO7PS/c1-6-31-33(27,32-7-2)17(13-25)12-15(3)8-9-18-21(28-5)16(4)19-14-30-23(26)20(19)22(18)29-10-11-34-24/h8,17H,6-7,9-12,14H2,1-5H3/b15-8+. The van der Waals surface area contributed by atoms with E-state index in [0.717, 1.165) is 28.0 Å². The summed E-state index contributed by atoms with van der Waals surface area (Å²) in [5.41, 5.74) is 2.72. The van der Waals surface area contributed by atoms with Gasteiger partial charge in [0.05, 0.1) is 33.0 Å². The molecule has 1 atom stereocenters. The molecule has 0 aliphatic carbocycles. The maximum Gasteiger partial charge on any atom is 0.348 e. The van der Waals surface area contributed by atoms with Crippen LogP contribution in [-0.4, -0.2) is 44.3 Å². The predicted molar refractivity (Wildman–Crippen MR) is 141 cm³/mol. The minimum Gasteiger partial charge on any atom is -0.496 e. The number of nitriles is 1. The number of rotatable bonds is 14. The van der Waals surface area contributed by atoms with Gasteiger partial charge < -0.3 is 23.3 Å². The van der Waals surface area contributed by atoms with E-state index in [1.807, 2.05) is 19.9 Å². The van der Waals surface area contributed by atoms with Gasteiger partial charge in [-0.1, -0.05) is 20.6 Å². The summed E-state index contributed by atoms with van der Waals surface area (Å²) in [4.78, 5) is 12.5. The van der Waals surface area contributed by atoms with Crippen molar-refractivity contribution in [3.8, 4) is 17.6 Å². The average molecular weight is 623 g/mol. The van der Waals surface area contributed by atoms with Gasteiger partial charge in [0, 0.05) is 16.9 Å². The molecule has 0 fully saturated rings. The first-order chi connectivity index (χ1) is 16.3. The molecule has 1 unspecified atom stereocenters. The number of hydrogen-bond acceptors (Lipinski definition) is 9. The van der Waals surface area contributed by atoms with Crippen LogP contribution in [0.1, 0.15) is 54.2 Å². The summed E-state index contributed by atoms with van der Waals surface area (Å²) in [7, 11) is -0.362. The Hall–Kier alpha value is -1.25. The molecule has 0 saturated heterocycles. The van der Waals surface area contributed by atoms with E-state index < -0.39 is 19.2 Å². The van der Waals surface area contributed by atoms with Gasteiger partial charge in [-0.15, -0.1) is 0 Å². The summed E-state index contributed by atoms with van der Waals surface area (Å²) in [6.07, 6.45) is 2.55. The lowest BCUT2D eigenvalue weighted by atomic mass is 9.94. The molecule has 0 N–H and O–H groups in total. The third-order valence-corrected chi connectivity index (χ3v) is 9.29. The fourth-order valence-corrected chi connectivity index (χ4v) is 6.31. The molecule has 0 saturated carbocycles. The SMILES string of the molecule is CCOP(=O)(OCC)C(C#N)C/C(C)=C/Cc1c(OC)c(C)c2c(c1OCCSI)C(=O)OC2. The lowest BCUT2D eigenvalue weighted by molar-refractivity contribution is 0.0532. The van der Waals surface area contributed by atoms with Crippen molar-refractivity contribution in [3.05, 3.63) is 33.9 Å². The third-order valence-electron chi connectivity index (χ3n) is 5.35. The number of allylic oxidation sites excluding steroid dienone is 2. The number of carbonyl (C=O) groups is 1. The fourth-order valence-electron chi connectivity index (χ4n) is 3.81. The molecule has 1 aliphatic rings. The second kappa shape index (κ2) is 13.7. The molecule has 1 aromatic carbocycles. The van der Waals surface area contributed by atoms with Crippen LogP contribution in [0.25, 0.3) is 0 Å². The van der Waals surface area contributed by atoms with E-state index in [0.29, 0.717) is 30.1 Å². The molecule has 1 aliphatic heterocycles. The smallest absolute Gasteiger partial charge is 0.348 e. The first kappa shape index (κ1) is 29.0. The minimum atomic E-state index is -3.56. The number of esters is 1.